The van der Waals surface area contributed by atoms with E-state index in [1.54, 1.807) is 6.20 Å². The maximum atomic E-state index is 13.1. The number of hydrogen-bond donors (Lipinski definition) is 0. The summed E-state index contributed by atoms with van der Waals surface area (Å²) in [6, 6.07) is 11.0. The van der Waals surface area contributed by atoms with Gasteiger partial charge in [-0.05, 0) is 44.9 Å². The molecule has 0 amide bonds. The molecule has 1 aromatic heterocycles. The molecule has 2 aliphatic heterocycles. The maximum absolute atomic E-state index is 13.1. The van der Waals surface area contributed by atoms with Gasteiger partial charge in [-0.15, -0.1) is 0 Å². The molecule has 2 fully saturated rings. The lowest BCUT2D eigenvalue weighted by Gasteiger charge is -2.46. The zero-order valence-electron chi connectivity index (χ0n) is 13.0. The highest BCUT2D eigenvalue weighted by Crippen LogP contribution is 2.37. The Morgan fingerprint density at radius 3 is 2.68 bits per heavy atom. The monoisotopic (exact) mass is 294 g/mol. The van der Waals surface area contributed by atoms with Gasteiger partial charge in [0.15, 0.2) is 5.78 Å². The van der Waals surface area contributed by atoms with Crippen molar-refractivity contribution in [2.45, 2.75) is 44.2 Å². The van der Waals surface area contributed by atoms with Gasteiger partial charge in [0.2, 0.25) is 0 Å². The van der Waals surface area contributed by atoms with Crippen LogP contribution in [-0.4, -0.2) is 34.8 Å². The number of ketones is 1. The van der Waals surface area contributed by atoms with Crippen LogP contribution in [0.3, 0.4) is 0 Å². The number of rotatable bonds is 2. The third-order valence-electron chi connectivity index (χ3n) is 5.62. The molecule has 22 heavy (non-hydrogen) atoms. The van der Waals surface area contributed by atoms with Gasteiger partial charge in [0, 0.05) is 35.1 Å². The average molecular weight is 294 g/mol. The predicted octanol–water partition coefficient (Wildman–Crippen LogP) is 3.68. The van der Waals surface area contributed by atoms with Gasteiger partial charge in [0.05, 0.1) is 5.52 Å². The van der Waals surface area contributed by atoms with Gasteiger partial charge in [0.1, 0.15) is 0 Å². The zero-order valence-corrected chi connectivity index (χ0v) is 13.0. The van der Waals surface area contributed by atoms with Crippen LogP contribution in [0, 0.1) is 5.92 Å². The lowest BCUT2D eigenvalue weighted by atomic mass is 9.75. The van der Waals surface area contributed by atoms with Crippen LogP contribution >= 0.6 is 0 Å². The van der Waals surface area contributed by atoms with Crippen molar-refractivity contribution in [3.05, 3.63) is 42.1 Å². The van der Waals surface area contributed by atoms with Crippen molar-refractivity contribution >= 4 is 16.7 Å². The molecule has 2 saturated heterocycles. The highest BCUT2D eigenvalue weighted by molar-refractivity contribution is 6.08. The first-order valence-corrected chi connectivity index (χ1v) is 8.34. The van der Waals surface area contributed by atoms with Crippen LogP contribution in [0.5, 0.6) is 0 Å². The largest absolute Gasteiger partial charge is 0.300 e. The molecule has 2 bridgehead atoms. The summed E-state index contributed by atoms with van der Waals surface area (Å²) in [6.45, 7) is 0. The highest BCUT2D eigenvalue weighted by Gasteiger charge is 2.39. The Balaban J connectivity index is 1.66. The van der Waals surface area contributed by atoms with E-state index in [1.807, 2.05) is 30.3 Å². The molecule has 4 rings (SSSR count). The molecule has 2 atom stereocenters. The number of nitrogens with zero attached hydrogens (tertiary/aromatic N) is 2. The number of carbonyl (C=O) groups is 1. The first kappa shape index (κ1) is 13.9. The summed E-state index contributed by atoms with van der Waals surface area (Å²) < 4.78 is 0. The first-order chi connectivity index (χ1) is 10.7. The lowest BCUT2D eigenvalue weighted by molar-refractivity contribution is 0.0339. The summed E-state index contributed by atoms with van der Waals surface area (Å²) in [5.41, 5.74) is 1.78. The van der Waals surface area contributed by atoms with E-state index in [0.717, 1.165) is 29.3 Å². The first-order valence-electron chi connectivity index (χ1n) is 8.34. The molecular formula is C19H22N2O. The Labute approximate surface area is 131 Å². The minimum Gasteiger partial charge on any atom is -0.300 e. The molecule has 114 valence electrons. The van der Waals surface area contributed by atoms with Crippen LogP contribution in [0.25, 0.3) is 10.9 Å². The van der Waals surface area contributed by atoms with Gasteiger partial charge < -0.3 is 4.90 Å². The van der Waals surface area contributed by atoms with E-state index in [0.29, 0.717) is 17.9 Å². The van der Waals surface area contributed by atoms with Gasteiger partial charge in [0.25, 0.3) is 0 Å². The van der Waals surface area contributed by atoms with Crippen molar-refractivity contribution in [3.8, 4) is 0 Å². The standard InChI is InChI=1S/C19H22N2O/c1-21-14-5-2-6-15(21)12-13(11-14)19(22)17-7-3-9-18-16(17)8-4-10-20-18/h3-4,7-10,13-15H,2,5-6,11-12H2,1H3. The van der Waals surface area contributed by atoms with Crippen LogP contribution in [0.1, 0.15) is 42.5 Å². The minimum atomic E-state index is 0.178. The second kappa shape index (κ2) is 5.47. The molecule has 2 aliphatic rings. The Bertz CT molecular complexity index is 692. The summed E-state index contributed by atoms with van der Waals surface area (Å²) in [6.07, 6.45) is 7.63. The number of fused-ring (bicyclic) bond motifs is 3. The summed E-state index contributed by atoms with van der Waals surface area (Å²) in [7, 11) is 2.23. The number of carbonyl (C=O) groups excluding carboxylic acids is 1. The van der Waals surface area contributed by atoms with Crippen LogP contribution in [-0.2, 0) is 0 Å². The van der Waals surface area contributed by atoms with Crippen LogP contribution in [0.4, 0.5) is 0 Å². The molecule has 0 spiro atoms. The molecule has 0 aliphatic carbocycles. The molecule has 3 heterocycles. The summed E-state index contributed by atoms with van der Waals surface area (Å²) >= 11 is 0. The number of aromatic nitrogens is 1. The SMILES string of the molecule is CN1C2CCCC1CC(C(=O)c1cccc3ncccc13)C2. The van der Waals surface area contributed by atoms with Crippen LogP contribution in [0.2, 0.25) is 0 Å². The third kappa shape index (κ3) is 2.24. The number of pyridine rings is 1. The molecule has 3 heteroatoms. The smallest absolute Gasteiger partial charge is 0.166 e. The Kier molecular flexibility index (Phi) is 3.45. The van der Waals surface area contributed by atoms with Crippen LogP contribution in [0.15, 0.2) is 36.5 Å². The molecule has 2 unspecified atom stereocenters. The topological polar surface area (TPSA) is 33.2 Å². The summed E-state index contributed by atoms with van der Waals surface area (Å²) in [4.78, 5) is 20.0. The number of Topliss-reactive ketones (excluding diaryl/α,β-unsaturated/α-hetero) is 1. The quantitative estimate of drug-likeness (QED) is 0.792. The summed E-state index contributed by atoms with van der Waals surface area (Å²) in [5, 5.41) is 0.999. The van der Waals surface area contributed by atoms with Gasteiger partial charge in [-0.3, -0.25) is 9.78 Å². The second-order valence-corrected chi connectivity index (χ2v) is 6.81. The lowest BCUT2D eigenvalue weighted by Crippen LogP contribution is -2.51. The number of piperidine rings is 2. The number of benzene rings is 1. The predicted molar refractivity (Wildman–Crippen MR) is 88.0 cm³/mol. The molecule has 0 radical (unpaired) electrons. The van der Waals surface area contributed by atoms with Crippen molar-refractivity contribution in [1.82, 2.24) is 9.88 Å². The minimum absolute atomic E-state index is 0.178. The van der Waals surface area contributed by atoms with Gasteiger partial charge in [-0.2, -0.15) is 0 Å². The molecule has 3 nitrogen and oxygen atoms in total. The van der Waals surface area contributed by atoms with E-state index in [9.17, 15) is 4.79 Å². The summed E-state index contributed by atoms with van der Waals surface area (Å²) in [5.74, 6) is 0.501. The van der Waals surface area contributed by atoms with E-state index in [4.69, 9.17) is 0 Å². The van der Waals surface area contributed by atoms with Crippen molar-refractivity contribution in [2.75, 3.05) is 7.05 Å². The fourth-order valence-electron chi connectivity index (χ4n) is 4.37. The van der Waals surface area contributed by atoms with E-state index in [1.165, 1.54) is 19.3 Å². The molecule has 0 N–H and O–H groups in total. The van der Waals surface area contributed by atoms with Crippen LogP contribution < -0.4 is 0 Å². The van der Waals surface area contributed by atoms with E-state index in [-0.39, 0.29) is 5.92 Å². The third-order valence-corrected chi connectivity index (χ3v) is 5.62. The molecule has 1 aromatic carbocycles. The number of hydrogen-bond acceptors (Lipinski definition) is 3. The van der Waals surface area contributed by atoms with Crippen molar-refractivity contribution in [2.24, 2.45) is 5.92 Å². The van der Waals surface area contributed by atoms with Gasteiger partial charge in [-0.25, -0.2) is 0 Å². The highest BCUT2D eigenvalue weighted by atomic mass is 16.1. The van der Waals surface area contributed by atoms with E-state index < -0.39 is 0 Å². The van der Waals surface area contributed by atoms with Gasteiger partial charge in [-0.1, -0.05) is 24.6 Å². The fourth-order valence-corrected chi connectivity index (χ4v) is 4.37. The molecule has 0 saturated carbocycles. The average Bonchev–Trinajstić information content (AvgIpc) is 2.53. The molecular weight excluding hydrogens is 272 g/mol. The van der Waals surface area contributed by atoms with E-state index in [2.05, 4.69) is 16.9 Å². The second-order valence-electron chi connectivity index (χ2n) is 6.81. The van der Waals surface area contributed by atoms with Gasteiger partial charge >= 0.3 is 0 Å². The maximum Gasteiger partial charge on any atom is 0.166 e. The fraction of sp³-hybridized carbons (Fsp3) is 0.474. The Morgan fingerprint density at radius 1 is 1.14 bits per heavy atom. The molecule has 2 aromatic rings. The Morgan fingerprint density at radius 2 is 1.91 bits per heavy atom. The van der Waals surface area contributed by atoms with Crippen molar-refractivity contribution < 1.29 is 4.79 Å². The van der Waals surface area contributed by atoms with E-state index >= 15 is 0 Å². The Hall–Kier alpha value is -1.74. The van der Waals surface area contributed by atoms with Crippen molar-refractivity contribution in [3.63, 3.8) is 0 Å². The van der Waals surface area contributed by atoms with Crippen molar-refractivity contribution in [1.29, 1.82) is 0 Å². The zero-order chi connectivity index (χ0) is 15.1. The normalized spacial score (nSPS) is 28.7.